The Bertz CT molecular complexity index is 925. The van der Waals surface area contributed by atoms with Crippen LogP contribution in [-0.2, 0) is 16.0 Å². The molecule has 1 N–H and O–H groups in total. The van der Waals surface area contributed by atoms with Gasteiger partial charge in [-0.15, -0.1) is 0 Å². The van der Waals surface area contributed by atoms with Crippen molar-refractivity contribution in [2.45, 2.75) is 19.3 Å². The predicted octanol–water partition coefficient (Wildman–Crippen LogP) is 3.20. The maximum absolute atomic E-state index is 14.6. The molecule has 0 amide bonds. The first-order chi connectivity index (χ1) is 15.0. The fraction of sp³-hybridized carbons (Fsp3) is 0.435. The molecule has 6 nitrogen and oxygen atoms in total. The summed E-state index contributed by atoms with van der Waals surface area (Å²) in [5.74, 6) is -1.20. The summed E-state index contributed by atoms with van der Waals surface area (Å²) in [7, 11) is 1.37. The maximum Gasteiger partial charge on any atom is 0.159 e. The van der Waals surface area contributed by atoms with E-state index < -0.39 is 11.6 Å². The van der Waals surface area contributed by atoms with Gasteiger partial charge in [-0.25, -0.2) is 8.78 Å². The molecular formula is C23H25F2N3O3. The molecule has 164 valence electrons. The zero-order chi connectivity index (χ0) is 21.8. The lowest BCUT2D eigenvalue weighted by Crippen LogP contribution is -2.61. The Morgan fingerprint density at radius 3 is 2.32 bits per heavy atom. The average molecular weight is 429 g/mol. The van der Waals surface area contributed by atoms with E-state index in [0.29, 0.717) is 31.7 Å². The quantitative estimate of drug-likeness (QED) is 0.729. The number of halogens is 2. The molecule has 1 spiro atoms. The fourth-order valence-corrected chi connectivity index (χ4v) is 3.83. The van der Waals surface area contributed by atoms with E-state index in [1.54, 1.807) is 24.3 Å². The highest BCUT2D eigenvalue weighted by Gasteiger charge is 2.42. The molecule has 0 aromatic heterocycles. The topological polar surface area (TPSA) is 66.8 Å². The zero-order valence-corrected chi connectivity index (χ0v) is 17.4. The number of hydrogen-bond acceptors (Lipinski definition) is 6. The summed E-state index contributed by atoms with van der Waals surface area (Å²) in [6.45, 7) is 3.56. The second-order valence-corrected chi connectivity index (χ2v) is 8.09. The Labute approximate surface area is 180 Å². The summed E-state index contributed by atoms with van der Waals surface area (Å²) in [5.41, 5.74) is 1.31. The molecule has 0 unspecified atom stereocenters. The van der Waals surface area contributed by atoms with Gasteiger partial charge in [0.05, 0.1) is 32.0 Å². The van der Waals surface area contributed by atoms with E-state index >= 15 is 0 Å². The normalized spacial score (nSPS) is 17.7. The highest BCUT2D eigenvalue weighted by Crippen LogP contribution is 2.30. The van der Waals surface area contributed by atoms with Crippen molar-refractivity contribution in [2.75, 3.05) is 44.9 Å². The van der Waals surface area contributed by atoms with Crippen LogP contribution in [0.3, 0.4) is 0 Å². The average Bonchev–Trinajstić information content (AvgIpc) is 2.77. The van der Waals surface area contributed by atoms with Crippen molar-refractivity contribution in [1.82, 2.24) is 5.32 Å². The summed E-state index contributed by atoms with van der Waals surface area (Å²) >= 11 is 0. The lowest BCUT2D eigenvalue weighted by Gasteiger charge is -2.46. The number of ether oxygens (including phenoxy) is 3. The molecule has 2 aliphatic rings. The highest BCUT2D eigenvalue weighted by atomic mass is 19.1. The summed E-state index contributed by atoms with van der Waals surface area (Å²) in [4.78, 5) is 1.86. The summed E-state index contributed by atoms with van der Waals surface area (Å²) in [5, 5.41) is 12.3. The molecule has 2 aromatic carbocycles. The van der Waals surface area contributed by atoms with Crippen molar-refractivity contribution in [3.05, 3.63) is 59.2 Å². The third kappa shape index (κ3) is 4.79. The van der Waals surface area contributed by atoms with E-state index in [1.807, 2.05) is 4.90 Å². The molecule has 4 rings (SSSR count). The minimum absolute atomic E-state index is 0.0220. The van der Waals surface area contributed by atoms with Crippen LogP contribution in [0.15, 0.2) is 36.4 Å². The molecule has 0 aliphatic carbocycles. The molecule has 0 saturated carbocycles. The number of hydrogen-bond donors (Lipinski definition) is 1. The van der Waals surface area contributed by atoms with Gasteiger partial charge in [0.2, 0.25) is 0 Å². The highest BCUT2D eigenvalue weighted by molar-refractivity contribution is 5.50. The second-order valence-electron chi connectivity index (χ2n) is 8.09. The van der Waals surface area contributed by atoms with Crippen LogP contribution in [0.5, 0.6) is 5.75 Å². The van der Waals surface area contributed by atoms with Crippen molar-refractivity contribution in [1.29, 1.82) is 5.26 Å². The number of nitriles is 1. The van der Waals surface area contributed by atoms with Crippen molar-refractivity contribution in [3.8, 4) is 11.8 Å². The van der Waals surface area contributed by atoms with E-state index in [1.165, 1.54) is 19.2 Å². The van der Waals surface area contributed by atoms with Crippen LogP contribution in [0.1, 0.15) is 17.5 Å². The molecule has 2 aliphatic heterocycles. The Hall–Kier alpha value is -2.73. The lowest BCUT2D eigenvalue weighted by molar-refractivity contribution is -0.239. The number of nitrogens with one attached hydrogen (secondary N) is 1. The Morgan fingerprint density at radius 2 is 1.81 bits per heavy atom. The molecule has 8 heteroatoms. The van der Waals surface area contributed by atoms with E-state index in [4.69, 9.17) is 19.5 Å². The monoisotopic (exact) mass is 429 g/mol. The zero-order valence-electron chi connectivity index (χ0n) is 17.4. The van der Waals surface area contributed by atoms with Crippen LogP contribution >= 0.6 is 0 Å². The van der Waals surface area contributed by atoms with Crippen LogP contribution in [-0.4, -0.2) is 46.2 Å². The third-order valence-electron chi connectivity index (χ3n) is 5.85. The standard InChI is InChI=1S/C23H25F2N3O3/c1-29-18-8-20(24)19(21(25)9-18)11-28(17-4-2-16(10-26)3-5-17)7-6-22-30-14-23(15-31-22)12-27-13-23/h2-5,8-9,22,27H,6-7,11-15H2,1H3. The van der Waals surface area contributed by atoms with Gasteiger partial charge in [-0.05, 0) is 24.3 Å². The molecule has 2 fully saturated rings. The van der Waals surface area contributed by atoms with Crippen molar-refractivity contribution in [2.24, 2.45) is 5.41 Å². The van der Waals surface area contributed by atoms with Gasteiger partial charge in [-0.1, -0.05) is 0 Å². The first kappa shape index (κ1) is 21.5. The predicted molar refractivity (Wildman–Crippen MR) is 111 cm³/mol. The number of rotatable bonds is 7. The Morgan fingerprint density at radius 1 is 1.16 bits per heavy atom. The van der Waals surface area contributed by atoms with Crippen LogP contribution in [0.2, 0.25) is 0 Å². The van der Waals surface area contributed by atoms with Crippen LogP contribution < -0.4 is 15.0 Å². The second kappa shape index (κ2) is 9.18. The van der Waals surface area contributed by atoms with Gasteiger partial charge >= 0.3 is 0 Å². The number of nitrogens with zero attached hydrogens (tertiary/aromatic N) is 2. The maximum atomic E-state index is 14.6. The smallest absolute Gasteiger partial charge is 0.159 e. The van der Waals surface area contributed by atoms with Crippen molar-refractivity contribution >= 4 is 5.69 Å². The van der Waals surface area contributed by atoms with Gasteiger partial charge in [-0.3, -0.25) is 0 Å². The van der Waals surface area contributed by atoms with Crippen LogP contribution in [0.4, 0.5) is 14.5 Å². The summed E-state index contributed by atoms with van der Waals surface area (Å²) < 4.78 is 45.9. The summed E-state index contributed by atoms with van der Waals surface area (Å²) in [6.07, 6.45) is 0.181. The molecular weight excluding hydrogens is 404 g/mol. The largest absolute Gasteiger partial charge is 0.497 e. The van der Waals surface area contributed by atoms with E-state index in [2.05, 4.69) is 11.4 Å². The van der Waals surface area contributed by atoms with Gasteiger partial charge in [0.15, 0.2) is 6.29 Å². The molecule has 0 bridgehead atoms. The molecule has 0 atom stereocenters. The van der Waals surface area contributed by atoms with E-state index in [0.717, 1.165) is 18.8 Å². The molecule has 31 heavy (non-hydrogen) atoms. The number of methoxy groups -OCH3 is 1. The number of anilines is 1. The first-order valence-corrected chi connectivity index (χ1v) is 10.2. The van der Waals surface area contributed by atoms with Crippen molar-refractivity contribution in [3.63, 3.8) is 0 Å². The van der Waals surface area contributed by atoms with E-state index in [-0.39, 0.29) is 29.6 Å². The van der Waals surface area contributed by atoms with Gasteiger partial charge < -0.3 is 24.4 Å². The third-order valence-corrected chi connectivity index (χ3v) is 5.85. The Kier molecular flexibility index (Phi) is 6.37. The van der Waals surface area contributed by atoms with Crippen molar-refractivity contribution < 1.29 is 23.0 Å². The Balaban J connectivity index is 1.48. The van der Waals surface area contributed by atoms with Gasteiger partial charge in [-0.2, -0.15) is 5.26 Å². The molecule has 0 radical (unpaired) electrons. The van der Waals surface area contributed by atoms with Crippen LogP contribution in [0, 0.1) is 28.4 Å². The molecule has 2 heterocycles. The van der Waals surface area contributed by atoms with E-state index in [9.17, 15) is 8.78 Å². The summed E-state index contributed by atoms with van der Waals surface area (Å²) in [6, 6.07) is 11.3. The van der Waals surface area contributed by atoms with Gasteiger partial charge in [0.1, 0.15) is 17.4 Å². The van der Waals surface area contributed by atoms with Gasteiger partial charge in [0.25, 0.3) is 0 Å². The lowest BCUT2D eigenvalue weighted by atomic mass is 9.83. The molecule has 2 saturated heterocycles. The van der Waals surface area contributed by atoms with Gasteiger partial charge in [0, 0.05) is 61.4 Å². The fourth-order valence-electron chi connectivity index (χ4n) is 3.83. The number of benzene rings is 2. The minimum Gasteiger partial charge on any atom is -0.497 e. The SMILES string of the molecule is COc1cc(F)c(CN(CCC2OCC3(CNC3)CO2)c2ccc(C#N)cc2)c(F)c1. The van der Waals surface area contributed by atoms with Crippen LogP contribution in [0.25, 0.3) is 0 Å². The molecule has 2 aromatic rings. The minimum atomic E-state index is -0.667. The first-order valence-electron chi connectivity index (χ1n) is 10.2.